The minimum absolute atomic E-state index is 0.0488. The summed E-state index contributed by atoms with van der Waals surface area (Å²) in [5, 5.41) is 14.1. The molecule has 0 aliphatic carbocycles. The fourth-order valence-corrected chi connectivity index (χ4v) is 1.78. The van der Waals surface area contributed by atoms with Crippen molar-refractivity contribution in [1.29, 1.82) is 0 Å². The fourth-order valence-electron chi connectivity index (χ4n) is 1.78. The molecule has 0 aromatic heterocycles. The number of carboxylic acids is 1. The van der Waals surface area contributed by atoms with E-state index in [0.29, 0.717) is 25.9 Å². The molecule has 0 radical (unpaired) electrons. The summed E-state index contributed by atoms with van der Waals surface area (Å²) in [7, 11) is 3.24. The Kier molecular flexibility index (Phi) is 6.88. The molecular weight excluding hydrogens is 286 g/mol. The molecule has 0 fully saturated rings. The van der Waals surface area contributed by atoms with E-state index in [1.54, 1.807) is 26.2 Å². The third kappa shape index (κ3) is 5.82. The highest BCUT2D eigenvalue weighted by Crippen LogP contribution is 2.04. The molecule has 1 aromatic carbocycles. The van der Waals surface area contributed by atoms with Crippen molar-refractivity contribution < 1.29 is 19.5 Å². The lowest BCUT2D eigenvalue weighted by Gasteiger charge is -2.17. The van der Waals surface area contributed by atoms with Gasteiger partial charge in [0.05, 0.1) is 5.56 Å². The number of nitrogens with one attached hydrogen (secondary N) is 2. The van der Waals surface area contributed by atoms with Crippen molar-refractivity contribution in [1.82, 2.24) is 15.5 Å². The first-order valence-corrected chi connectivity index (χ1v) is 6.96. The quantitative estimate of drug-likeness (QED) is 0.701. The number of amides is 3. The monoisotopic (exact) mass is 307 g/mol. The molecule has 1 rings (SSSR count). The van der Waals surface area contributed by atoms with Gasteiger partial charge in [0, 0.05) is 33.6 Å². The molecule has 3 N–H and O–H groups in total. The number of benzene rings is 1. The molecule has 0 unspecified atom stereocenters. The van der Waals surface area contributed by atoms with Crippen molar-refractivity contribution >= 4 is 17.9 Å². The standard InChI is InChI=1S/C15H21N3O4/c1-16-13(19)4-3-9-18(2)15(22)17-10-11-5-7-12(8-6-11)14(20)21/h5-8H,3-4,9-10H2,1-2H3,(H,16,19)(H,17,22)(H,20,21). The summed E-state index contributed by atoms with van der Waals surface area (Å²) in [5.41, 5.74) is 1.03. The minimum atomic E-state index is -0.980. The van der Waals surface area contributed by atoms with Crippen molar-refractivity contribution in [3.63, 3.8) is 0 Å². The summed E-state index contributed by atoms with van der Waals surface area (Å²) >= 11 is 0. The maximum absolute atomic E-state index is 11.9. The zero-order chi connectivity index (χ0) is 16.5. The summed E-state index contributed by atoms with van der Waals surface area (Å²) in [5.74, 6) is -1.03. The van der Waals surface area contributed by atoms with Crippen LogP contribution < -0.4 is 10.6 Å². The van der Waals surface area contributed by atoms with Crippen LogP contribution in [0.5, 0.6) is 0 Å². The van der Waals surface area contributed by atoms with Gasteiger partial charge in [-0.3, -0.25) is 4.79 Å². The van der Waals surface area contributed by atoms with Crippen LogP contribution in [0.4, 0.5) is 4.79 Å². The summed E-state index contributed by atoms with van der Waals surface area (Å²) in [6, 6.07) is 6.08. The SMILES string of the molecule is CNC(=O)CCCN(C)C(=O)NCc1ccc(C(=O)O)cc1. The number of hydrogen-bond acceptors (Lipinski definition) is 3. The van der Waals surface area contributed by atoms with Gasteiger partial charge in [-0.25, -0.2) is 9.59 Å². The highest BCUT2D eigenvalue weighted by molar-refractivity contribution is 5.87. The Balaban J connectivity index is 2.35. The van der Waals surface area contributed by atoms with E-state index >= 15 is 0 Å². The summed E-state index contributed by atoms with van der Waals surface area (Å²) in [4.78, 5) is 35.2. The summed E-state index contributed by atoms with van der Waals surface area (Å²) in [6.45, 7) is 0.801. The largest absolute Gasteiger partial charge is 0.478 e. The van der Waals surface area contributed by atoms with Gasteiger partial charge in [-0.15, -0.1) is 0 Å². The first-order chi connectivity index (χ1) is 10.4. The molecule has 0 aliphatic rings. The first-order valence-electron chi connectivity index (χ1n) is 6.96. The summed E-state index contributed by atoms with van der Waals surface area (Å²) in [6.07, 6.45) is 0.974. The lowest BCUT2D eigenvalue weighted by Crippen LogP contribution is -2.37. The third-order valence-electron chi connectivity index (χ3n) is 3.17. The molecule has 7 heteroatoms. The number of rotatable bonds is 7. The normalized spacial score (nSPS) is 9.91. The van der Waals surface area contributed by atoms with Gasteiger partial charge in [-0.2, -0.15) is 0 Å². The van der Waals surface area contributed by atoms with E-state index in [1.165, 1.54) is 17.0 Å². The summed E-state index contributed by atoms with van der Waals surface area (Å²) < 4.78 is 0. The van der Waals surface area contributed by atoms with Crippen LogP contribution in [0.2, 0.25) is 0 Å². The van der Waals surface area contributed by atoms with E-state index in [9.17, 15) is 14.4 Å². The maximum Gasteiger partial charge on any atom is 0.335 e. The molecule has 0 atom stereocenters. The molecule has 0 saturated carbocycles. The Bertz CT molecular complexity index is 528. The molecular formula is C15H21N3O4. The van der Waals surface area contributed by atoms with Gasteiger partial charge in [0.15, 0.2) is 0 Å². The second-order valence-electron chi connectivity index (χ2n) is 4.86. The first kappa shape index (κ1) is 17.5. The van der Waals surface area contributed by atoms with Gasteiger partial charge in [-0.05, 0) is 24.1 Å². The van der Waals surface area contributed by atoms with Crippen LogP contribution >= 0.6 is 0 Å². The zero-order valence-electron chi connectivity index (χ0n) is 12.8. The predicted octanol–water partition coefficient (Wildman–Crippen LogP) is 1.05. The Morgan fingerprint density at radius 1 is 1.18 bits per heavy atom. The zero-order valence-corrected chi connectivity index (χ0v) is 12.8. The van der Waals surface area contributed by atoms with Crippen LogP contribution in [-0.2, 0) is 11.3 Å². The van der Waals surface area contributed by atoms with Crippen molar-refractivity contribution in [3.05, 3.63) is 35.4 Å². The highest BCUT2D eigenvalue weighted by Gasteiger charge is 2.09. The van der Waals surface area contributed by atoms with Gasteiger partial charge < -0.3 is 20.6 Å². The van der Waals surface area contributed by atoms with E-state index in [4.69, 9.17) is 5.11 Å². The number of nitrogens with zero attached hydrogens (tertiary/aromatic N) is 1. The third-order valence-corrected chi connectivity index (χ3v) is 3.17. The minimum Gasteiger partial charge on any atom is -0.478 e. The molecule has 7 nitrogen and oxygen atoms in total. The topological polar surface area (TPSA) is 98.7 Å². The number of urea groups is 1. The highest BCUT2D eigenvalue weighted by atomic mass is 16.4. The van der Waals surface area contributed by atoms with Crippen molar-refractivity contribution in [2.75, 3.05) is 20.6 Å². The van der Waals surface area contributed by atoms with Gasteiger partial charge in [0.25, 0.3) is 0 Å². The lowest BCUT2D eigenvalue weighted by molar-refractivity contribution is -0.120. The molecule has 1 aromatic rings. The molecule has 0 heterocycles. The van der Waals surface area contributed by atoms with Gasteiger partial charge >= 0.3 is 12.0 Å². The molecule has 22 heavy (non-hydrogen) atoms. The van der Waals surface area contributed by atoms with Gasteiger partial charge in [0.2, 0.25) is 5.91 Å². The number of carboxylic acid groups (broad SMARTS) is 1. The van der Waals surface area contributed by atoms with Gasteiger partial charge in [0.1, 0.15) is 0 Å². The van der Waals surface area contributed by atoms with Crippen LogP contribution in [0.3, 0.4) is 0 Å². The number of aromatic carboxylic acids is 1. The Labute approximate surface area is 129 Å². The van der Waals surface area contributed by atoms with Crippen LogP contribution in [0.15, 0.2) is 24.3 Å². The number of carbonyl (C=O) groups is 3. The molecule has 0 aliphatic heterocycles. The van der Waals surface area contributed by atoms with Crippen LogP contribution in [-0.4, -0.2) is 48.6 Å². The lowest BCUT2D eigenvalue weighted by atomic mass is 10.1. The van der Waals surface area contributed by atoms with Crippen LogP contribution in [0.25, 0.3) is 0 Å². The van der Waals surface area contributed by atoms with Crippen molar-refractivity contribution in [2.24, 2.45) is 0 Å². The fraction of sp³-hybridized carbons (Fsp3) is 0.400. The van der Waals surface area contributed by atoms with Crippen molar-refractivity contribution in [2.45, 2.75) is 19.4 Å². The van der Waals surface area contributed by atoms with Crippen molar-refractivity contribution in [3.8, 4) is 0 Å². The van der Waals surface area contributed by atoms with Crippen LogP contribution in [0, 0.1) is 0 Å². The van der Waals surface area contributed by atoms with E-state index in [0.717, 1.165) is 5.56 Å². The number of carbonyl (C=O) groups excluding carboxylic acids is 2. The van der Waals surface area contributed by atoms with Crippen LogP contribution in [0.1, 0.15) is 28.8 Å². The van der Waals surface area contributed by atoms with E-state index in [-0.39, 0.29) is 17.5 Å². The van der Waals surface area contributed by atoms with E-state index < -0.39 is 5.97 Å². The predicted molar refractivity (Wildman–Crippen MR) is 81.6 cm³/mol. The number of hydrogen-bond donors (Lipinski definition) is 3. The van der Waals surface area contributed by atoms with E-state index in [2.05, 4.69) is 10.6 Å². The second-order valence-corrected chi connectivity index (χ2v) is 4.86. The Hall–Kier alpha value is -2.57. The molecule has 3 amide bonds. The molecule has 120 valence electrons. The molecule has 0 spiro atoms. The smallest absolute Gasteiger partial charge is 0.335 e. The average Bonchev–Trinajstić information content (AvgIpc) is 2.52. The molecule has 0 bridgehead atoms. The Morgan fingerprint density at radius 2 is 1.82 bits per heavy atom. The Morgan fingerprint density at radius 3 is 2.36 bits per heavy atom. The molecule has 0 saturated heterocycles. The van der Waals surface area contributed by atoms with Gasteiger partial charge in [-0.1, -0.05) is 12.1 Å². The second kappa shape index (κ2) is 8.66. The maximum atomic E-state index is 11.9. The van der Waals surface area contributed by atoms with E-state index in [1.807, 2.05) is 0 Å². The average molecular weight is 307 g/mol.